The number of quaternary nitrogens is 1. The largest absolute Gasteiger partial charge is 0.477 e. The van der Waals surface area contributed by atoms with Crippen molar-refractivity contribution in [3.63, 3.8) is 0 Å². The maximum Gasteiger partial charge on any atom is 0.361 e. The van der Waals surface area contributed by atoms with Gasteiger partial charge in [-0.2, -0.15) is 0 Å². The quantitative estimate of drug-likeness (QED) is 0.0211. The highest BCUT2D eigenvalue weighted by Crippen LogP contribution is 2.19. The van der Waals surface area contributed by atoms with Crippen LogP contribution in [0, 0.1) is 0 Å². The Hall–Kier alpha value is -4.83. The molecule has 602 valence electrons. The molecule has 1 N–H and O–H groups in total. The van der Waals surface area contributed by atoms with Crippen molar-refractivity contribution < 1.29 is 42.9 Å². The first-order valence-electron chi connectivity index (χ1n) is 44.0. The van der Waals surface area contributed by atoms with Gasteiger partial charge in [0, 0.05) is 12.8 Å². The van der Waals surface area contributed by atoms with E-state index in [1.165, 1.54) is 238 Å². The van der Waals surface area contributed by atoms with Crippen LogP contribution in [0.4, 0.5) is 0 Å². The Morgan fingerprint density at radius 3 is 0.810 bits per heavy atom. The average molecular weight is 1460 g/mol. The Labute approximate surface area is 649 Å². The molecule has 0 heterocycles. The van der Waals surface area contributed by atoms with Gasteiger partial charge in [-0.05, 0) is 122 Å². The topological polar surface area (TPSA) is 108 Å². The van der Waals surface area contributed by atoms with Crippen molar-refractivity contribution in [2.24, 2.45) is 0 Å². The van der Waals surface area contributed by atoms with Crippen LogP contribution >= 0.6 is 0 Å². The monoisotopic (exact) mass is 1460 g/mol. The minimum absolute atomic E-state index is 0.183. The Morgan fingerprint density at radius 1 is 0.295 bits per heavy atom. The number of nitrogens with zero attached hydrogens (tertiary/aromatic N) is 1. The van der Waals surface area contributed by atoms with Crippen LogP contribution in [-0.2, 0) is 33.3 Å². The van der Waals surface area contributed by atoms with Crippen molar-refractivity contribution >= 4 is 17.9 Å². The molecule has 0 aliphatic carbocycles. The first kappa shape index (κ1) is 100. The number of carboxylic acid groups (broad SMARTS) is 1. The van der Waals surface area contributed by atoms with Gasteiger partial charge in [-0.3, -0.25) is 9.59 Å². The van der Waals surface area contributed by atoms with Gasteiger partial charge >= 0.3 is 17.9 Å². The lowest BCUT2D eigenvalue weighted by molar-refractivity contribution is -0.870. The van der Waals surface area contributed by atoms with Crippen molar-refractivity contribution in [1.29, 1.82) is 0 Å². The lowest BCUT2D eigenvalue weighted by atomic mass is 10.0. The number of hydrogen-bond acceptors (Lipinski definition) is 7. The highest BCUT2D eigenvalue weighted by molar-refractivity contribution is 5.71. The molecule has 2 unspecified atom stereocenters. The molecule has 0 saturated heterocycles. The lowest BCUT2D eigenvalue weighted by Crippen LogP contribution is -2.40. The number of unbranched alkanes of at least 4 members (excludes halogenated alkanes) is 42. The van der Waals surface area contributed by atoms with Crippen LogP contribution in [-0.4, -0.2) is 87.4 Å². The van der Waals surface area contributed by atoms with Crippen LogP contribution in [0.2, 0.25) is 0 Å². The standard InChI is InChI=1S/C96H165NO8/c1-6-8-10-12-14-16-18-20-22-24-26-28-30-32-34-36-38-40-42-44-46-47-49-51-53-55-57-59-61-63-65-67-69-71-73-75-77-79-81-83-85-87-94(99)105-92(91-104-96(95(100)101)102-89-88-97(3,4)5)90-103-93(98)86-84-82-80-78-76-74-72-70-68-66-64-62-60-58-56-54-52-50-48-45-43-41-39-37-35-33-31-29-27-25-23-21-19-17-15-13-11-9-7-2/h8,10,14,16,19-22,25-28,32,34,38,40,44,46,49,51,55,57,61,63,92,96H,6-7,9,11-13,15,17-18,23-24,29-31,33,35-37,39,41-43,45,47-48,50,52-54,56,58-60,62,64-91H2,1-5H3/p+1/b10-8-,16-14-,21-19-,22-20-,27-25-,28-26-,34-32-,40-38-,46-44-,51-49-,57-55-,63-61-. The summed E-state index contributed by atoms with van der Waals surface area (Å²) in [7, 11) is 5.99. The molecular formula is C96H166NO8+. The fourth-order valence-corrected chi connectivity index (χ4v) is 12.4. The van der Waals surface area contributed by atoms with Gasteiger partial charge in [0.05, 0.1) is 34.4 Å². The summed E-state index contributed by atoms with van der Waals surface area (Å²) in [6, 6.07) is 0. The maximum atomic E-state index is 13.0. The number of carbonyl (C=O) groups excluding carboxylic acids is 2. The molecule has 0 amide bonds. The van der Waals surface area contributed by atoms with E-state index in [1.54, 1.807) is 0 Å². The number of carbonyl (C=O) groups is 3. The summed E-state index contributed by atoms with van der Waals surface area (Å²) >= 11 is 0. The Balaban J connectivity index is 4.01. The van der Waals surface area contributed by atoms with Gasteiger partial charge in [0.1, 0.15) is 13.2 Å². The van der Waals surface area contributed by atoms with Crippen LogP contribution in [0.1, 0.15) is 386 Å². The molecule has 0 aromatic heterocycles. The van der Waals surface area contributed by atoms with Crippen LogP contribution in [0.3, 0.4) is 0 Å². The number of carboxylic acids is 1. The number of likely N-dealkylation sites (N-methyl/N-ethyl adjacent to an activating group) is 1. The van der Waals surface area contributed by atoms with Crippen molar-refractivity contribution in [3.05, 3.63) is 146 Å². The third-order valence-corrected chi connectivity index (χ3v) is 19.1. The molecule has 105 heavy (non-hydrogen) atoms. The zero-order valence-corrected chi connectivity index (χ0v) is 69.1. The smallest absolute Gasteiger partial charge is 0.361 e. The van der Waals surface area contributed by atoms with Crippen molar-refractivity contribution in [2.75, 3.05) is 47.5 Å². The highest BCUT2D eigenvalue weighted by Gasteiger charge is 2.25. The molecule has 0 aliphatic heterocycles. The number of allylic oxidation sites excluding steroid dienone is 24. The number of rotatable bonds is 81. The second-order valence-electron chi connectivity index (χ2n) is 30.5. The third-order valence-electron chi connectivity index (χ3n) is 19.1. The molecule has 0 aromatic carbocycles. The van der Waals surface area contributed by atoms with E-state index in [-0.39, 0.29) is 32.2 Å². The normalized spacial score (nSPS) is 13.3. The summed E-state index contributed by atoms with van der Waals surface area (Å²) in [5.41, 5.74) is 0. The summed E-state index contributed by atoms with van der Waals surface area (Å²) in [4.78, 5) is 37.8. The second kappa shape index (κ2) is 84.8. The second-order valence-corrected chi connectivity index (χ2v) is 30.5. The first-order chi connectivity index (χ1) is 51.6. The minimum atomic E-state index is -1.52. The number of aliphatic carboxylic acids is 1. The van der Waals surface area contributed by atoms with E-state index in [4.69, 9.17) is 18.9 Å². The predicted molar refractivity (Wildman–Crippen MR) is 456 cm³/mol. The zero-order chi connectivity index (χ0) is 76.0. The molecular weight excluding hydrogens is 1300 g/mol. The van der Waals surface area contributed by atoms with E-state index in [2.05, 4.69) is 160 Å². The fraction of sp³-hybridized carbons (Fsp3) is 0.719. The molecule has 2 atom stereocenters. The van der Waals surface area contributed by atoms with Crippen LogP contribution in [0.25, 0.3) is 0 Å². The van der Waals surface area contributed by atoms with Gasteiger partial charge in [-0.25, -0.2) is 4.79 Å². The molecule has 0 aromatic rings. The van der Waals surface area contributed by atoms with Gasteiger partial charge in [0.15, 0.2) is 6.10 Å². The summed E-state index contributed by atoms with van der Waals surface area (Å²) in [5.74, 6) is -2.00. The molecule has 9 heteroatoms. The Kier molecular flexibility index (Phi) is 80.9. The predicted octanol–water partition coefficient (Wildman–Crippen LogP) is 28.9. The molecule has 0 rings (SSSR count). The van der Waals surface area contributed by atoms with Gasteiger partial charge < -0.3 is 28.5 Å². The van der Waals surface area contributed by atoms with Crippen molar-refractivity contribution in [1.82, 2.24) is 0 Å². The minimum Gasteiger partial charge on any atom is -0.477 e. The summed E-state index contributed by atoms with van der Waals surface area (Å²) in [6.07, 6.45) is 122. The highest BCUT2D eigenvalue weighted by atomic mass is 16.7. The fourth-order valence-electron chi connectivity index (χ4n) is 12.4. The van der Waals surface area contributed by atoms with E-state index >= 15 is 0 Å². The molecule has 0 spiro atoms. The van der Waals surface area contributed by atoms with Gasteiger partial charge in [0.2, 0.25) is 0 Å². The van der Waals surface area contributed by atoms with Crippen molar-refractivity contribution in [3.8, 4) is 0 Å². The molecule has 0 bridgehead atoms. The third kappa shape index (κ3) is 86.3. The van der Waals surface area contributed by atoms with E-state index in [0.29, 0.717) is 23.9 Å². The molecule has 0 aliphatic rings. The van der Waals surface area contributed by atoms with E-state index < -0.39 is 24.3 Å². The van der Waals surface area contributed by atoms with E-state index in [1.807, 2.05) is 21.1 Å². The van der Waals surface area contributed by atoms with Gasteiger partial charge in [-0.1, -0.05) is 397 Å². The lowest BCUT2D eigenvalue weighted by Gasteiger charge is -2.25. The molecule has 0 fully saturated rings. The van der Waals surface area contributed by atoms with Crippen LogP contribution in [0.5, 0.6) is 0 Å². The van der Waals surface area contributed by atoms with Crippen LogP contribution in [0.15, 0.2) is 146 Å². The summed E-state index contributed by atoms with van der Waals surface area (Å²) in [6.45, 7) is 4.78. The SMILES string of the molecule is CC/C=C\C/C=C\C/C=C\C/C=C\C/C=C\C/C=C\C/C=C\C/C=C\C/C=C\C/C=C\CCCCCCCCCCCCC(=O)OC(COC(=O)CCCCCCCCCCCCCCCCCCCCCCCCCCCCC/C=C\C/C=C\CCCCCCC)COC(OCC[N+](C)(C)C)C(=O)O. The van der Waals surface area contributed by atoms with Crippen molar-refractivity contribution in [2.45, 2.75) is 399 Å². The number of hydrogen-bond donors (Lipinski definition) is 1. The number of esters is 2. The summed E-state index contributed by atoms with van der Waals surface area (Å²) in [5, 5.41) is 9.79. The van der Waals surface area contributed by atoms with Gasteiger partial charge in [-0.15, -0.1) is 0 Å². The Morgan fingerprint density at radius 2 is 0.543 bits per heavy atom. The zero-order valence-electron chi connectivity index (χ0n) is 69.1. The average Bonchev–Trinajstić information content (AvgIpc) is 1.18. The van der Waals surface area contributed by atoms with Crippen LogP contribution < -0.4 is 0 Å². The number of ether oxygens (including phenoxy) is 4. The maximum absolute atomic E-state index is 13.0. The van der Waals surface area contributed by atoms with E-state index in [0.717, 1.165) is 116 Å². The molecule has 9 nitrogen and oxygen atoms in total. The first-order valence-corrected chi connectivity index (χ1v) is 44.0. The van der Waals surface area contributed by atoms with E-state index in [9.17, 15) is 19.5 Å². The van der Waals surface area contributed by atoms with Gasteiger partial charge in [0.25, 0.3) is 6.29 Å². The Bertz CT molecular complexity index is 2250. The molecule has 0 radical (unpaired) electrons. The molecule has 0 saturated carbocycles. The summed E-state index contributed by atoms with van der Waals surface area (Å²) < 4.78 is 23.1.